The maximum Gasteiger partial charge on any atom is 0.371 e. The number of benzene rings is 1. The van der Waals surface area contributed by atoms with Gasteiger partial charge in [0, 0.05) is 18.1 Å². The van der Waals surface area contributed by atoms with Crippen molar-refractivity contribution in [1.29, 1.82) is 0 Å². The van der Waals surface area contributed by atoms with Crippen molar-refractivity contribution in [2.24, 2.45) is 0 Å². The quantitative estimate of drug-likeness (QED) is 0.459. The molecule has 0 unspecified atom stereocenters. The van der Waals surface area contributed by atoms with Gasteiger partial charge in [-0.1, -0.05) is 18.2 Å². The molecule has 0 bridgehead atoms. The summed E-state index contributed by atoms with van der Waals surface area (Å²) < 4.78 is 10.9. The second-order valence-corrected chi connectivity index (χ2v) is 5.43. The van der Waals surface area contributed by atoms with E-state index in [1.165, 1.54) is 6.26 Å². The number of carboxylic acids is 1. The molecule has 0 radical (unpaired) electrons. The van der Waals surface area contributed by atoms with Crippen LogP contribution in [0.15, 0.2) is 52.8 Å². The molecule has 2 rings (SSSR count). The fourth-order valence-electron chi connectivity index (χ4n) is 2.17. The van der Waals surface area contributed by atoms with Gasteiger partial charge in [-0.15, -0.1) is 0 Å². The lowest BCUT2D eigenvalue weighted by molar-refractivity contribution is -0.135. The number of carbonyl (C=O) groups excluding carboxylic acids is 1. The van der Waals surface area contributed by atoms with Crippen molar-refractivity contribution in [2.75, 3.05) is 0 Å². The predicted octanol–water partition coefficient (Wildman–Crippen LogP) is 3.37. The Kier molecular flexibility index (Phi) is 5.42. The molecular weight excluding hydrogens is 312 g/mol. The van der Waals surface area contributed by atoms with Gasteiger partial charge in [0.1, 0.15) is 5.75 Å². The summed E-state index contributed by atoms with van der Waals surface area (Å²) in [6, 6.07) is 9.07. The highest BCUT2D eigenvalue weighted by atomic mass is 16.5. The lowest BCUT2D eigenvalue weighted by Crippen LogP contribution is -2.08. The van der Waals surface area contributed by atoms with E-state index >= 15 is 0 Å². The van der Waals surface area contributed by atoms with Crippen LogP contribution in [-0.4, -0.2) is 28.1 Å². The molecule has 2 N–H and O–H groups in total. The molecule has 126 valence electrons. The maximum absolute atomic E-state index is 12.1. The van der Waals surface area contributed by atoms with Gasteiger partial charge < -0.3 is 19.4 Å². The zero-order chi connectivity index (χ0) is 17.7. The van der Waals surface area contributed by atoms with Crippen LogP contribution in [0.5, 0.6) is 5.75 Å². The van der Waals surface area contributed by atoms with Crippen molar-refractivity contribution in [3.05, 3.63) is 65.3 Å². The van der Waals surface area contributed by atoms with Gasteiger partial charge in [0.15, 0.2) is 5.76 Å². The third-order valence-corrected chi connectivity index (χ3v) is 3.17. The molecule has 0 aliphatic heterocycles. The smallest absolute Gasteiger partial charge is 0.371 e. The number of carboxylic acid groups (broad SMARTS) is 1. The summed E-state index contributed by atoms with van der Waals surface area (Å²) in [6.45, 7) is 3.84. The lowest BCUT2D eigenvalue weighted by atomic mass is 10.0. The summed E-state index contributed by atoms with van der Waals surface area (Å²) in [5.74, 6) is -2.63. The van der Waals surface area contributed by atoms with Gasteiger partial charge in [0.2, 0.25) is 11.5 Å². The lowest BCUT2D eigenvalue weighted by Gasteiger charge is -2.14. The van der Waals surface area contributed by atoms with E-state index in [4.69, 9.17) is 14.3 Å². The Morgan fingerprint density at radius 2 is 1.88 bits per heavy atom. The van der Waals surface area contributed by atoms with Crippen LogP contribution in [0, 0.1) is 0 Å². The number of aliphatic carboxylic acids is 1. The fourth-order valence-corrected chi connectivity index (χ4v) is 2.17. The Hall–Kier alpha value is -3.02. The molecule has 6 nitrogen and oxygen atoms in total. The fraction of sp³-hybridized carbons (Fsp3) is 0.222. The van der Waals surface area contributed by atoms with Gasteiger partial charge in [-0.3, -0.25) is 4.79 Å². The summed E-state index contributed by atoms with van der Waals surface area (Å²) in [7, 11) is 0. The molecule has 0 spiro atoms. The van der Waals surface area contributed by atoms with E-state index in [0.29, 0.717) is 23.8 Å². The summed E-state index contributed by atoms with van der Waals surface area (Å²) in [4.78, 5) is 22.7. The largest absolute Gasteiger partial charge is 0.502 e. The molecule has 0 saturated carbocycles. The van der Waals surface area contributed by atoms with Gasteiger partial charge in [-0.25, -0.2) is 4.79 Å². The predicted molar refractivity (Wildman–Crippen MR) is 86.4 cm³/mol. The molecule has 1 aromatic carbocycles. The first-order chi connectivity index (χ1) is 11.4. The third kappa shape index (κ3) is 4.25. The van der Waals surface area contributed by atoms with Crippen LogP contribution in [0.1, 0.15) is 35.5 Å². The van der Waals surface area contributed by atoms with Crippen molar-refractivity contribution < 1.29 is 29.0 Å². The number of hydrogen-bond donors (Lipinski definition) is 2. The number of ether oxygens (including phenoxy) is 1. The number of rotatable bonds is 7. The molecule has 1 heterocycles. The molecule has 1 aromatic heterocycles. The average molecular weight is 330 g/mol. The van der Waals surface area contributed by atoms with Crippen LogP contribution in [0.25, 0.3) is 0 Å². The molecule has 0 aliphatic rings. The standard InChI is InChI=1S/C18H18O6/c1-11(2)24-16-6-4-3-5-12(16)9-13-7-8-23-17(13)14(19)10-15(20)18(21)22/h3-8,10-11,20H,9H2,1-2H3,(H,21,22)/b15-10-. The molecule has 0 aliphatic carbocycles. The molecule has 0 fully saturated rings. The Labute approximate surface area is 139 Å². The van der Waals surface area contributed by atoms with Crippen molar-refractivity contribution in [3.8, 4) is 5.75 Å². The Bertz CT molecular complexity index is 769. The van der Waals surface area contributed by atoms with Crippen LogP contribution < -0.4 is 4.74 Å². The van der Waals surface area contributed by atoms with E-state index in [1.807, 2.05) is 38.1 Å². The summed E-state index contributed by atoms with van der Waals surface area (Å²) in [6.07, 6.45) is 2.36. The van der Waals surface area contributed by atoms with E-state index in [-0.39, 0.29) is 11.9 Å². The van der Waals surface area contributed by atoms with Crippen LogP contribution >= 0.6 is 0 Å². The van der Waals surface area contributed by atoms with E-state index in [2.05, 4.69) is 0 Å². The number of hydrogen-bond acceptors (Lipinski definition) is 5. The van der Waals surface area contributed by atoms with Gasteiger partial charge in [-0.05, 0) is 31.5 Å². The number of aliphatic hydroxyl groups excluding tert-OH is 1. The Morgan fingerprint density at radius 3 is 2.54 bits per heavy atom. The SMILES string of the molecule is CC(C)Oc1ccccc1Cc1ccoc1C(=O)/C=C(\O)C(=O)O. The van der Waals surface area contributed by atoms with Crippen LogP contribution in [0.3, 0.4) is 0 Å². The second-order valence-electron chi connectivity index (χ2n) is 5.43. The monoisotopic (exact) mass is 330 g/mol. The number of furan rings is 1. The minimum absolute atomic E-state index is 0.00653. The molecular formula is C18H18O6. The highest BCUT2D eigenvalue weighted by Crippen LogP contribution is 2.25. The highest BCUT2D eigenvalue weighted by Gasteiger charge is 2.18. The highest BCUT2D eigenvalue weighted by molar-refractivity contribution is 6.06. The number of allylic oxidation sites excluding steroid dienone is 1. The maximum atomic E-state index is 12.1. The number of ketones is 1. The van der Waals surface area contributed by atoms with Gasteiger partial charge in [-0.2, -0.15) is 0 Å². The van der Waals surface area contributed by atoms with Crippen LogP contribution in [-0.2, 0) is 11.2 Å². The molecule has 24 heavy (non-hydrogen) atoms. The summed E-state index contributed by atoms with van der Waals surface area (Å²) in [5, 5.41) is 17.8. The summed E-state index contributed by atoms with van der Waals surface area (Å²) >= 11 is 0. The number of carbonyl (C=O) groups is 2. The Balaban J connectivity index is 2.28. The van der Waals surface area contributed by atoms with Crippen molar-refractivity contribution in [3.63, 3.8) is 0 Å². The van der Waals surface area contributed by atoms with Crippen molar-refractivity contribution in [1.82, 2.24) is 0 Å². The third-order valence-electron chi connectivity index (χ3n) is 3.17. The number of aliphatic hydroxyl groups is 1. The Morgan fingerprint density at radius 1 is 1.17 bits per heavy atom. The molecule has 0 atom stereocenters. The minimum Gasteiger partial charge on any atom is -0.502 e. The molecule has 0 saturated heterocycles. The van der Waals surface area contributed by atoms with E-state index in [0.717, 1.165) is 5.56 Å². The summed E-state index contributed by atoms with van der Waals surface area (Å²) in [5.41, 5.74) is 1.45. The van der Waals surface area contributed by atoms with Gasteiger partial charge in [0.05, 0.1) is 12.4 Å². The minimum atomic E-state index is -1.58. The second kappa shape index (κ2) is 7.50. The topological polar surface area (TPSA) is 97.0 Å². The molecule has 6 heteroatoms. The van der Waals surface area contributed by atoms with E-state index < -0.39 is 17.5 Å². The molecule has 2 aromatic rings. The molecule has 0 amide bonds. The van der Waals surface area contributed by atoms with E-state index in [9.17, 15) is 14.7 Å². The van der Waals surface area contributed by atoms with Crippen molar-refractivity contribution >= 4 is 11.8 Å². The van der Waals surface area contributed by atoms with Crippen LogP contribution in [0.2, 0.25) is 0 Å². The van der Waals surface area contributed by atoms with Gasteiger partial charge in [0.25, 0.3) is 0 Å². The normalized spacial score (nSPS) is 11.5. The zero-order valence-electron chi connectivity index (χ0n) is 13.4. The van der Waals surface area contributed by atoms with Crippen LogP contribution in [0.4, 0.5) is 0 Å². The van der Waals surface area contributed by atoms with E-state index in [1.54, 1.807) is 6.07 Å². The first-order valence-corrected chi connectivity index (χ1v) is 7.37. The first kappa shape index (κ1) is 17.3. The first-order valence-electron chi connectivity index (χ1n) is 7.37. The average Bonchev–Trinajstić information content (AvgIpc) is 2.96. The van der Waals surface area contributed by atoms with Gasteiger partial charge >= 0.3 is 5.97 Å². The number of para-hydroxylation sites is 1. The zero-order valence-corrected chi connectivity index (χ0v) is 13.4. The van der Waals surface area contributed by atoms with Crippen molar-refractivity contribution in [2.45, 2.75) is 26.4 Å².